The molecule has 0 aromatic heterocycles. The molecule has 0 aromatic rings. The molecule has 0 saturated carbocycles. The highest BCUT2D eigenvalue weighted by atomic mass is 19.4. The van der Waals surface area contributed by atoms with Crippen LogP contribution in [0.25, 0.3) is 0 Å². The Hall–Kier alpha value is -2.24. The van der Waals surface area contributed by atoms with E-state index in [0.29, 0.717) is 11.4 Å². The third kappa shape index (κ3) is 19.1. The first-order valence-corrected chi connectivity index (χ1v) is 9.95. The molecule has 0 aliphatic rings. The van der Waals surface area contributed by atoms with Crippen LogP contribution >= 0.6 is 0 Å². The van der Waals surface area contributed by atoms with Gasteiger partial charge < -0.3 is 10.1 Å². The van der Waals surface area contributed by atoms with Crippen LogP contribution in [-0.4, -0.2) is 26.0 Å². The molecule has 3 nitrogen and oxygen atoms in total. The molecule has 0 amide bonds. The molecular formula is C24H41F3N2O. The third-order valence-corrected chi connectivity index (χ3v) is 3.99. The average molecular weight is 431 g/mol. The van der Waals surface area contributed by atoms with Crippen molar-refractivity contribution in [3.05, 3.63) is 59.2 Å². The fourth-order valence-electron chi connectivity index (χ4n) is 1.61. The zero-order valence-corrected chi connectivity index (χ0v) is 20.5. The van der Waals surface area contributed by atoms with Gasteiger partial charge in [0.05, 0.1) is 12.9 Å². The molecule has 0 heterocycles. The van der Waals surface area contributed by atoms with E-state index in [9.17, 15) is 13.2 Å². The van der Waals surface area contributed by atoms with Gasteiger partial charge in [-0.3, -0.25) is 4.99 Å². The second-order valence-corrected chi connectivity index (χ2v) is 6.51. The van der Waals surface area contributed by atoms with Gasteiger partial charge in [-0.25, -0.2) is 0 Å². The van der Waals surface area contributed by atoms with Crippen molar-refractivity contribution in [2.75, 3.05) is 14.2 Å². The molecule has 6 heteroatoms. The van der Waals surface area contributed by atoms with Crippen LogP contribution in [0.4, 0.5) is 13.2 Å². The van der Waals surface area contributed by atoms with Gasteiger partial charge in [0.1, 0.15) is 0 Å². The van der Waals surface area contributed by atoms with Gasteiger partial charge in [-0.15, -0.1) is 0 Å². The lowest BCUT2D eigenvalue weighted by atomic mass is 10.1. The lowest BCUT2D eigenvalue weighted by Gasteiger charge is -2.09. The Morgan fingerprint density at radius 2 is 1.50 bits per heavy atom. The summed E-state index contributed by atoms with van der Waals surface area (Å²) in [7, 11) is 3.40. The van der Waals surface area contributed by atoms with Gasteiger partial charge in [0.15, 0.2) is 0 Å². The first kappa shape index (κ1) is 32.4. The highest BCUT2D eigenvalue weighted by Crippen LogP contribution is 2.22. The fraction of sp³-hybridized carbons (Fsp3) is 0.542. The molecule has 0 atom stereocenters. The summed E-state index contributed by atoms with van der Waals surface area (Å²) < 4.78 is 41.0. The van der Waals surface area contributed by atoms with Crippen LogP contribution in [-0.2, 0) is 4.74 Å². The van der Waals surface area contributed by atoms with Gasteiger partial charge in [0, 0.05) is 30.6 Å². The zero-order valence-electron chi connectivity index (χ0n) is 20.5. The van der Waals surface area contributed by atoms with E-state index in [1.807, 2.05) is 53.7 Å². The summed E-state index contributed by atoms with van der Waals surface area (Å²) in [5, 5.41) is 2.87. The Kier molecular flexibility index (Phi) is 19.0. The average Bonchev–Trinajstić information content (AvgIpc) is 2.70. The molecular weight excluding hydrogens is 389 g/mol. The number of ether oxygens (including phenoxy) is 1. The molecule has 0 unspecified atom stereocenters. The normalized spacial score (nSPS) is 13.2. The summed E-state index contributed by atoms with van der Waals surface area (Å²) in [4.78, 5) is 4.14. The van der Waals surface area contributed by atoms with Crippen molar-refractivity contribution >= 4 is 5.71 Å². The third-order valence-electron chi connectivity index (χ3n) is 3.99. The van der Waals surface area contributed by atoms with E-state index in [0.717, 1.165) is 22.6 Å². The van der Waals surface area contributed by atoms with E-state index < -0.39 is 12.6 Å². The predicted octanol–water partition coefficient (Wildman–Crippen LogP) is 7.90. The number of rotatable bonds is 8. The Morgan fingerprint density at radius 1 is 1.00 bits per heavy atom. The number of nitrogens with zero attached hydrogens (tertiary/aromatic N) is 1. The number of hydrogen-bond acceptors (Lipinski definition) is 3. The maximum atomic E-state index is 12.0. The molecule has 30 heavy (non-hydrogen) atoms. The molecule has 0 spiro atoms. The maximum absolute atomic E-state index is 12.0. The molecule has 1 N–H and O–H groups in total. The Bertz CT molecular complexity index is 652. The van der Waals surface area contributed by atoms with Gasteiger partial charge >= 0.3 is 6.18 Å². The second kappa shape index (κ2) is 17.6. The van der Waals surface area contributed by atoms with Crippen LogP contribution in [0.5, 0.6) is 0 Å². The van der Waals surface area contributed by atoms with Crippen molar-refractivity contribution in [2.24, 2.45) is 4.99 Å². The van der Waals surface area contributed by atoms with Crippen molar-refractivity contribution in [1.29, 1.82) is 0 Å². The van der Waals surface area contributed by atoms with Gasteiger partial charge in [-0.1, -0.05) is 38.7 Å². The quantitative estimate of drug-likeness (QED) is 0.241. The van der Waals surface area contributed by atoms with E-state index >= 15 is 0 Å². The van der Waals surface area contributed by atoms with Gasteiger partial charge in [0.25, 0.3) is 0 Å². The van der Waals surface area contributed by atoms with Crippen LogP contribution in [0.15, 0.2) is 64.2 Å². The summed E-state index contributed by atoms with van der Waals surface area (Å²) in [6, 6.07) is 0. The monoisotopic (exact) mass is 430 g/mol. The minimum Gasteiger partial charge on any atom is -0.501 e. The molecule has 0 aliphatic carbocycles. The summed E-state index contributed by atoms with van der Waals surface area (Å²) in [6.07, 6.45) is -1.09. The van der Waals surface area contributed by atoms with Crippen molar-refractivity contribution in [2.45, 2.75) is 74.4 Å². The van der Waals surface area contributed by atoms with Crippen molar-refractivity contribution < 1.29 is 17.9 Å². The molecule has 0 fully saturated rings. The first-order chi connectivity index (χ1) is 13.7. The van der Waals surface area contributed by atoms with Crippen LogP contribution in [0.2, 0.25) is 0 Å². The highest BCUT2D eigenvalue weighted by molar-refractivity contribution is 5.83. The molecule has 0 radical (unpaired) electrons. The minimum absolute atomic E-state index is 0.0693. The van der Waals surface area contributed by atoms with Gasteiger partial charge in [-0.2, -0.15) is 13.2 Å². The topological polar surface area (TPSA) is 33.6 Å². The standard InChI is InChI=1S/C12H19F3N2.C10H16O.C2H6/c1-8(6-7-12(13,14)15)17-11(4)9(2)10(3)16-5;1-8(2)9(3)6-7-10(4)11-5;1-2/h16H,3,6-7H2,1-2,4-5H3;6-7H,1H2,2-5H3;1-2H3/b11-9+,17-8?;9-6-,10-7+;. The van der Waals surface area contributed by atoms with Crippen molar-refractivity contribution in [1.82, 2.24) is 5.32 Å². The molecule has 0 aromatic carbocycles. The van der Waals surface area contributed by atoms with E-state index in [4.69, 9.17) is 4.74 Å². The number of methoxy groups -OCH3 is 1. The number of nitrogens with one attached hydrogen (secondary N) is 1. The van der Waals surface area contributed by atoms with E-state index in [1.165, 1.54) is 5.57 Å². The lowest BCUT2D eigenvalue weighted by molar-refractivity contribution is -0.132. The highest BCUT2D eigenvalue weighted by Gasteiger charge is 2.26. The number of halogens is 3. The number of hydrogen-bond donors (Lipinski definition) is 1. The van der Waals surface area contributed by atoms with Crippen molar-refractivity contribution in [3.8, 4) is 0 Å². The van der Waals surface area contributed by atoms with Crippen LogP contribution in [0, 0.1) is 0 Å². The summed E-state index contributed by atoms with van der Waals surface area (Å²) in [6.45, 7) is 22.7. The predicted molar refractivity (Wildman–Crippen MR) is 126 cm³/mol. The first-order valence-electron chi connectivity index (χ1n) is 9.95. The molecule has 174 valence electrons. The summed E-state index contributed by atoms with van der Waals surface area (Å²) in [5.41, 5.74) is 4.99. The Balaban J connectivity index is -0.000000484. The Labute approximate surface area is 182 Å². The number of allylic oxidation sites excluding steroid dienone is 7. The number of aliphatic imine (C=N–C) groups is 1. The maximum Gasteiger partial charge on any atom is 0.389 e. The van der Waals surface area contributed by atoms with Crippen LogP contribution < -0.4 is 5.32 Å². The van der Waals surface area contributed by atoms with Crippen LogP contribution in [0.1, 0.15) is 68.2 Å². The van der Waals surface area contributed by atoms with Crippen molar-refractivity contribution in [3.63, 3.8) is 0 Å². The minimum atomic E-state index is -4.13. The molecule has 0 rings (SSSR count). The van der Waals surface area contributed by atoms with Crippen LogP contribution in [0.3, 0.4) is 0 Å². The van der Waals surface area contributed by atoms with E-state index in [2.05, 4.69) is 23.5 Å². The van der Waals surface area contributed by atoms with Gasteiger partial charge in [0.2, 0.25) is 0 Å². The molecule has 0 aliphatic heterocycles. The Morgan fingerprint density at radius 3 is 1.87 bits per heavy atom. The second-order valence-electron chi connectivity index (χ2n) is 6.51. The summed E-state index contributed by atoms with van der Waals surface area (Å²) >= 11 is 0. The number of likely N-dealkylation sites (N-methyl/N-ethyl adjacent to an activating group) is 1. The zero-order chi connectivity index (χ0) is 24.5. The fourth-order valence-corrected chi connectivity index (χ4v) is 1.61. The smallest absolute Gasteiger partial charge is 0.389 e. The summed E-state index contributed by atoms with van der Waals surface area (Å²) in [5.74, 6) is 0.908. The van der Waals surface area contributed by atoms with E-state index in [1.54, 1.807) is 28.0 Å². The molecule has 0 bridgehead atoms. The molecule has 0 saturated heterocycles. The largest absolute Gasteiger partial charge is 0.501 e. The lowest BCUT2D eigenvalue weighted by Crippen LogP contribution is -2.10. The van der Waals surface area contributed by atoms with Gasteiger partial charge in [-0.05, 0) is 65.2 Å². The SMILES string of the molecule is C=C(C)/C(C)=C\C=C(/C)OC.C=C(NC)/C(C)=C(\C)N=C(C)CCC(F)(F)F.CC. The number of alkyl halides is 3. The van der Waals surface area contributed by atoms with E-state index in [-0.39, 0.29) is 6.42 Å².